The summed E-state index contributed by atoms with van der Waals surface area (Å²) in [5.74, 6) is 3.60. The molecule has 0 N–H and O–H groups in total. The van der Waals surface area contributed by atoms with Gasteiger partial charge in [-0.2, -0.15) is 0 Å². The molecule has 2 nitrogen and oxygen atoms in total. The van der Waals surface area contributed by atoms with E-state index >= 15 is 0 Å². The molecule has 0 radical (unpaired) electrons. The Hall–Kier alpha value is -0.660. The molecule has 4 aliphatic carbocycles. The minimum atomic E-state index is -0.316. The molecule has 0 aromatic heterocycles. The van der Waals surface area contributed by atoms with Crippen molar-refractivity contribution >= 4 is 11.6 Å². The van der Waals surface area contributed by atoms with Crippen LogP contribution in [0.25, 0.3) is 0 Å². The van der Waals surface area contributed by atoms with Crippen LogP contribution in [0.5, 0.6) is 0 Å². The summed E-state index contributed by atoms with van der Waals surface area (Å²) in [6, 6.07) is 0. The highest BCUT2D eigenvalue weighted by Gasteiger charge is 2.63. The monoisotopic (exact) mass is 302 g/mol. The van der Waals surface area contributed by atoms with E-state index < -0.39 is 0 Å². The van der Waals surface area contributed by atoms with E-state index in [0.29, 0.717) is 29.8 Å². The normalized spacial score (nSPS) is 54.6. The van der Waals surface area contributed by atoms with Gasteiger partial charge in [0.05, 0.1) is 0 Å². The lowest BCUT2D eigenvalue weighted by Gasteiger charge is -2.59. The number of carbonyl (C=O) groups excluding carboxylic acids is 2. The maximum atomic E-state index is 13.1. The van der Waals surface area contributed by atoms with Crippen LogP contribution in [-0.4, -0.2) is 11.6 Å². The third-order valence-corrected chi connectivity index (χ3v) is 8.33. The highest BCUT2D eigenvalue weighted by atomic mass is 16.1. The molecule has 2 heteroatoms. The molecule has 4 rings (SSSR count). The number of Topliss-reactive ketones (excluding diaryl/α,β-unsaturated/α-hetero) is 2. The first kappa shape index (κ1) is 14.9. The smallest absolute Gasteiger partial charge is 0.139 e. The van der Waals surface area contributed by atoms with Gasteiger partial charge in [-0.25, -0.2) is 0 Å². The molecule has 0 aromatic rings. The summed E-state index contributed by atoms with van der Waals surface area (Å²) in [7, 11) is 0. The van der Waals surface area contributed by atoms with Crippen LogP contribution in [0.3, 0.4) is 0 Å². The number of fused-ring (bicyclic) bond motifs is 5. The Morgan fingerprint density at radius 2 is 1.82 bits per heavy atom. The Morgan fingerprint density at radius 3 is 2.59 bits per heavy atom. The number of ketones is 2. The molecule has 7 atom stereocenters. The molecular formula is C20H30O2. The average molecular weight is 302 g/mol. The highest BCUT2D eigenvalue weighted by Crippen LogP contribution is 2.64. The lowest BCUT2D eigenvalue weighted by atomic mass is 9.44. The van der Waals surface area contributed by atoms with Crippen LogP contribution in [0.2, 0.25) is 0 Å². The quantitative estimate of drug-likeness (QED) is 0.664. The Labute approximate surface area is 134 Å². The van der Waals surface area contributed by atoms with E-state index in [2.05, 4.69) is 20.8 Å². The van der Waals surface area contributed by atoms with Gasteiger partial charge in [-0.05, 0) is 61.2 Å². The van der Waals surface area contributed by atoms with Crippen LogP contribution in [0.4, 0.5) is 0 Å². The van der Waals surface area contributed by atoms with E-state index in [9.17, 15) is 9.59 Å². The van der Waals surface area contributed by atoms with Crippen molar-refractivity contribution in [1.29, 1.82) is 0 Å². The van der Waals surface area contributed by atoms with Gasteiger partial charge in [0.2, 0.25) is 0 Å². The van der Waals surface area contributed by atoms with Gasteiger partial charge in [0, 0.05) is 24.2 Å². The summed E-state index contributed by atoms with van der Waals surface area (Å²) in [4.78, 5) is 25.5. The molecule has 0 spiro atoms. The van der Waals surface area contributed by atoms with Crippen molar-refractivity contribution in [2.24, 2.45) is 40.4 Å². The third-order valence-electron chi connectivity index (χ3n) is 8.33. The number of carbonyl (C=O) groups is 2. The SMILES string of the molecule is C[C@@H]1CC[C@@]2(C)[C@H](CC[C@@H]3[C@@H]2C(=O)C[C@]2(C)C(=O)CC[C@@H]32)C1. The topological polar surface area (TPSA) is 34.1 Å². The summed E-state index contributed by atoms with van der Waals surface area (Å²) in [5, 5.41) is 0. The van der Waals surface area contributed by atoms with Gasteiger partial charge in [0.25, 0.3) is 0 Å². The molecule has 0 saturated heterocycles. The Bertz CT molecular complexity index is 524. The van der Waals surface area contributed by atoms with Crippen LogP contribution in [0.15, 0.2) is 0 Å². The zero-order valence-electron chi connectivity index (χ0n) is 14.4. The van der Waals surface area contributed by atoms with E-state index in [4.69, 9.17) is 0 Å². The maximum absolute atomic E-state index is 13.1. The van der Waals surface area contributed by atoms with E-state index in [1.807, 2.05) is 0 Å². The molecule has 22 heavy (non-hydrogen) atoms. The summed E-state index contributed by atoms with van der Waals surface area (Å²) < 4.78 is 0. The van der Waals surface area contributed by atoms with Crippen molar-refractivity contribution in [3.05, 3.63) is 0 Å². The summed E-state index contributed by atoms with van der Waals surface area (Å²) in [6.45, 7) is 6.89. The second kappa shape index (κ2) is 4.68. The van der Waals surface area contributed by atoms with E-state index in [-0.39, 0.29) is 16.7 Å². The summed E-state index contributed by atoms with van der Waals surface area (Å²) in [6.07, 6.45) is 8.60. The molecule has 0 bridgehead atoms. The Morgan fingerprint density at radius 1 is 1.05 bits per heavy atom. The first-order valence-electron chi connectivity index (χ1n) is 9.42. The second-order valence-corrected chi connectivity index (χ2v) is 9.43. The molecule has 122 valence electrons. The maximum Gasteiger partial charge on any atom is 0.139 e. The summed E-state index contributed by atoms with van der Waals surface area (Å²) >= 11 is 0. The lowest BCUT2D eigenvalue weighted by Crippen LogP contribution is -2.57. The van der Waals surface area contributed by atoms with Crippen molar-refractivity contribution in [3.63, 3.8) is 0 Å². The molecule has 0 aromatic carbocycles. The van der Waals surface area contributed by atoms with E-state index in [1.165, 1.54) is 32.1 Å². The third kappa shape index (κ3) is 1.79. The van der Waals surface area contributed by atoms with Crippen LogP contribution in [0.1, 0.15) is 72.1 Å². The van der Waals surface area contributed by atoms with Gasteiger partial charge < -0.3 is 0 Å². The molecule has 0 heterocycles. The predicted octanol–water partition coefficient (Wildman–Crippen LogP) is 4.41. The van der Waals surface area contributed by atoms with Gasteiger partial charge in [-0.3, -0.25) is 9.59 Å². The van der Waals surface area contributed by atoms with Crippen LogP contribution < -0.4 is 0 Å². The fourth-order valence-corrected chi connectivity index (χ4v) is 7.07. The molecule has 0 aliphatic heterocycles. The minimum Gasteiger partial charge on any atom is -0.299 e. The zero-order valence-corrected chi connectivity index (χ0v) is 14.4. The van der Waals surface area contributed by atoms with Crippen molar-refractivity contribution in [1.82, 2.24) is 0 Å². The number of hydrogen-bond acceptors (Lipinski definition) is 2. The van der Waals surface area contributed by atoms with Gasteiger partial charge in [0.15, 0.2) is 0 Å². The van der Waals surface area contributed by atoms with Crippen LogP contribution >= 0.6 is 0 Å². The highest BCUT2D eigenvalue weighted by molar-refractivity contribution is 5.95. The van der Waals surface area contributed by atoms with Crippen LogP contribution in [-0.2, 0) is 9.59 Å². The number of rotatable bonds is 0. The standard InChI is InChI=1S/C20H30O2/c1-12-8-9-19(2)13(10-12)4-5-14-15-6-7-17(22)20(15,3)11-16(21)18(14)19/h12-15,18H,4-11H2,1-3H3/t12-,13-,14+,15+,18-,19+,20+/m1/s1. The largest absolute Gasteiger partial charge is 0.299 e. The number of hydrogen-bond donors (Lipinski definition) is 0. The van der Waals surface area contributed by atoms with Crippen LogP contribution in [0, 0.1) is 40.4 Å². The first-order valence-corrected chi connectivity index (χ1v) is 9.42. The van der Waals surface area contributed by atoms with Gasteiger partial charge in [-0.1, -0.05) is 27.2 Å². The molecule has 0 amide bonds. The molecular weight excluding hydrogens is 272 g/mol. The molecule has 4 fully saturated rings. The minimum absolute atomic E-state index is 0.222. The van der Waals surface area contributed by atoms with E-state index in [1.54, 1.807) is 0 Å². The van der Waals surface area contributed by atoms with Crippen molar-refractivity contribution in [2.45, 2.75) is 72.1 Å². The van der Waals surface area contributed by atoms with Crippen molar-refractivity contribution in [3.8, 4) is 0 Å². The fraction of sp³-hybridized carbons (Fsp3) is 0.900. The van der Waals surface area contributed by atoms with Crippen molar-refractivity contribution in [2.75, 3.05) is 0 Å². The Kier molecular flexibility index (Phi) is 3.17. The van der Waals surface area contributed by atoms with Gasteiger partial charge in [-0.15, -0.1) is 0 Å². The zero-order chi connectivity index (χ0) is 15.7. The predicted molar refractivity (Wildman–Crippen MR) is 86.3 cm³/mol. The Balaban J connectivity index is 1.71. The molecule has 0 unspecified atom stereocenters. The van der Waals surface area contributed by atoms with Gasteiger partial charge in [0.1, 0.15) is 11.6 Å². The van der Waals surface area contributed by atoms with E-state index in [0.717, 1.165) is 24.7 Å². The molecule has 4 aliphatic rings. The average Bonchev–Trinajstić information content (AvgIpc) is 2.75. The summed E-state index contributed by atoms with van der Waals surface area (Å²) in [5.41, 5.74) is -0.0944. The van der Waals surface area contributed by atoms with Gasteiger partial charge >= 0.3 is 0 Å². The second-order valence-electron chi connectivity index (χ2n) is 9.43. The first-order chi connectivity index (χ1) is 10.4. The lowest BCUT2D eigenvalue weighted by molar-refractivity contribution is -0.160. The fourth-order valence-electron chi connectivity index (χ4n) is 7.07. The van der Waals surface area contributed by atoms with Crippen molar-refractivity contribution < 1.29 is 9.59 Å². The molecule has 4 saturated carbocycles.